The highest BCUT2D eigenvalue weighted by Crippen LogP contribution is 2.15. The van der Waals surface area contributed by atoms with Gasteiger partial charge in [0.2, 0.25) is 5.91 Å². The molecule has 0 aliphatic rings. The van der Waals surface area contributed by atoms with Crippen molar-refractivity contribution in [1.82, 2.24) is 5.43 Å². The first kappa shape index (κ1) is 13.0. The van der Waals surface area contributed by atoms with Crippen molar-refractivity contribution < 1.29 is 9.53 Å². The van der Waals surface area contributed by atoms with Crippen LogP contribution in [0.1, 0.15) is 25.3 Å². The van der Waals surface area contributed by atoms with Crippen LogP contribution in [0.3, 0.4) is 0 Å². The maximum absolute atomic E-state index is 10.9. The lowest BCUT2D eigenvalue weighted by Crippen LogP contribution is -2.30. The molecule has 3 N–H and O–H groups in total. The van der Waals surface area contributed by atoms with Crippen LogP contribution in [0.15, 0.2) is 24.3 Å². The summed E-state index contributed by atoms with van der Waals surface area (Å²) in [4.78, 5) is 10.9. The molecule has 0 spiro atoms. The van der Waals surface area contributed by atoms with Gasteiger partial charge in [-0.15, -0.1) is 0 Å². The molecule has 1 aromatic rings. The number of nitriles is 1. The quantitative estimate of drug-likeness (QED) is 0.453. The van der Waals surface area contributed by atoms with Crippen molar-refractivity contribution in [3.8, 4) is 11.8 Å². The lowest BCUT2D eigenvalue weighted by molar-refractivity contribution is -0.121. The van der Waals surface area contributed by atoms with E-state index in [2.05, 4.69) is 5.43 Å². The summed E-state index contributed by atoms with van der Waals surface area (Å²) in [5.74, 6) is 5.39. The van der Waals surface area contributed by atoms with Crippen molar-refractivity contribution >= 4 is 5.91 Å². The summed E-state index contributed by atoms with van der Waals surface area (Å²) in [6, 6.07) is 8.95. The largest absolute Gasteiger partial charge is 0.491 e. The molecule has 90 valence electrons. The molecule has 0 aliphatic heterocycles. The van der Waals surface area contributed by atoms with Gasteiger partial charge in [-0.25, -0.2) is 5.84 Å². The van der Waals surface area contributed by atoms with Crippen LogP contribution in [0.4, 0.5) is 0 Å². The van der Waals surface area contributed by atoms with Gasteiger partial charge in [-0.3, -0.25) is 10.2 Å². The van der Waals surface area contributed by atoms with Crippen LogP contribution in [0, 0.1) is 11.3 Å². The Kier molecular flexibility index (Phi) is 4.98. The molecule has 0 heterocycles. The van der Waals surface area contributed by atoms with Gasteiger partial charge in [0.05, 0.1) is 17.7 Å². The molecule has 0 saturated carbocycles. The van der Waals surface area contributed by atoms with Crippen LogP contribution >= 0.6 is 0 Å². The molecule has 0 fully saturated rings. The number of hydrogen-bond donors (Lipinski definition) is 2. The number of carbonyl (C=O) groups is 1. The minimum absolute atomic E-state index is 0.110. The molecule has 1 rings (SSSR count). The summed E-state index contributed by atoms with van der Waals surface area (Å²) in [5, 5.41) is 8.73. The van der Waals surface area contributed by atoms with E-state index in [4.69, 9.17) is 15.8 Å². The third-order valence-corrected chi connectivity index (χ3v) is 2.24. The molecule has 1 aromatic carbocycles. The number of hydrazine groups is 1. The van der Waals surface area contributed by atoms with Crippen molar-refractivity contribution in [3.63, 3.8) is 0 Å². The first-order chi connectivity index (χ1) is 8.15. The van der Waals surface area contributed by atoms with Crippen molar-refractivity contribution in [2.75, 3.05) is 0 Å². The van der Waals surface area contributed by atoms with Gasteiger partial charge >= 0.3 is 0 Å². The Hall–Kier alpha value is -2.06. The maximum atomic E-state index is 10.9. The summed E-state index contributed by atoms with van der Waals surface area (Å²) >= 11 is 0. The SMILES string of the molecule is CC(CCC(=O)NN)Oc1cccc(C#N)c1. The van der Waals surface area contributed by atoms with Gasteiger partial charge < -0.3 is 4.74 Å². The topological polar surface area (TPSA) is 88.1 Å². The number of amides is 1. The number of nitrogens with one attached hydrogen (secondary N) is 1. The minimum atomic E-state index is -0.216. The van der Waals surface area contributed by atoms with Crippen molar-refractivity contribution in [1.29, 1.82) is 5.26 Å². The molecule has 1 amide bonds. The third kappa shape index (κ3) is 4.53. The zero-order chi connectivity index (χ0) is 12.7. The van der Waals surface area contributed by atoms with Gasteiger partial charge in [0.1, 0.15) is 5.75 Å². The van der Waals surface area contributed by atoms with Gasteiger partial charge in [-0.1, -0.05) is 6.07 Å². The molecular weight excluding hydrogens is 218 g/mol. The second-order valence-electron chi connectivity index (χ2n) is 3.67. The second-order valence-corrected chi connectivity index (χ2v) is 3.67. The van der Waals surface area contributed by atoms with E-state index in [0.717, 1.165) is 0 Å². The predicted octanol–water partition coefficient (Wildman–Crippen LogP) is 1.10. The molecule has 5 heteroatoms. The molecule has 5 nitrogen and oxygen atoms in total. The number of rotatable bonds is 5. The van der Waals surface area contributed by atoms with E-state index in [1.165, 1.54) is 0 Å². The molecule has 0 aliphatic carbocycles. The fourth-order valence-corrected chi connectivity index (χ4v) is 1.34. The first-order valence-electron chi connectivity index (χ1n) is 5.32. The van der Waals surface area contributed by atoms with Crippen molar-refractivity contribution in [2.24, 2.45) is 5.84 Å². The number of nitrogens with two attached hydrogens (primary N) is 1. The van der Waals surface area contributed by atoms with E-state index in [1.807, 2.05) is 13.0 Å². The molecule has 0 saturated heterocycles. The Morgan fingerprint density at radius 2 is 2.41 bits per heavy atom. The number of nitrogens with zero attached hydrogens (tertiary/aromatic N) is 1. The maximum Gasteiger partial charge on any atom is 0.234 e. The zero-order valence-electron chi connectivity index (χ0n) is 9.64. The molecule has 0 aromatic heterocycles. The number of carbonyl (C=O) groups excluding carboxylic acids is 1. The van der Waals surface area contributed by atoms with Gasteiger partial charge in [0.25, 0.3) is 0 Å². The lowest BCUT2D eigenvalue weighted by Gasteiger charge is -2.14. The zero-order valence-corrected chi connectivity index (χ0v) is 9.64. The van der Waals surface area contributed by atoms with Gasteiger partial charge in [0.15, 0.2) is 0 Å². The average molecular weight is 233 g/mol. The monoisotopic (exact) mass is 233 g/mol. The average Bonchev–Trinajstić information content (AvgIpc) is 2.36. The molecule has 0 radical (unpaired) electrons. The van der Waals surface area contributed by atoms with Gasteiger partial charge in [-0.05, 0) is 31.5 Å². The Balaban J connectivity index is 2.47. The fraction of sp³-hybridized carbons (Fsp3) is 0.333. The normalized spacial score (nSPS) is 11.4. The summed E-state index contributed by atoms with van der Waals surface area (Å²) in [7, 11) is 0. The predicted molar refractivity (Wildman–Crippen MR) is 62.8 cm³/mol. The molecule has 0 bridgehead atoms. The van der Waals surface area contributed by atoms with E-state index < -0.39 is 0 Å². The van der Waals surface area contributed by atoms with Gasteiger partial charge in [0, 0.05) is 6.42 Å². The van der Waals surface area contributed by atoms with Crippen LogP contribution in [0.2, 0.25) is 0 Å². The lowest BCUT2D eigenvalue weighted by atomic mass is 10.2. The highest BCUT2D eigenvalue weighted by Gasteiger charge is 2.07. The van der Waals surface area contributed by atoms with Crippen LogP contribution in [-0.4, -0.2) is 12.0 Å². The van der Waals surface area contributed by atoms with E-state index >= 15 is 0 Å². The van der Waals surface area contributed by atoms with Crippen LogP contribution < -0.4 is 16.0 Å². The minimum Gasteiger partial charge on any atom is -0.491 e. The Labute approximate surface area is 100 Å². The van der Waals surface area contributed by atoms with Gasteiger partial charge in [-0.2, -0.15) is 5.26 Å². The van der Waals surface area contributed by atoms with E-state index in [1.54, 1.807) is 24.3 Å². The molecular formula is C12H15N3O2. The van der Waals surface area contributed by atoms with Crippen LogP contribution in [-0.2, 0) is 4.79 Å². The fourth-order valence-electron chi connectivity index (χ4n) is 1.34. The first-order valence-corrected chi connectivity index (χ1v) is 5.32. The molecule has 1 atom stereocenters. The number of hydrogen-bond acceptors (Lipinski definition) is 4. The molecule has 17 heavy (non-hydrogen) atoms. The highest BCUT2D eigenvalue weighted by molar-refractivity contribution is 5.75. The van der Waals surface area contributed by atoms with Crippen LogP contribution in [0.25, 0.3) is 0 Å². The second kappa shape index (κ2) is 6.51. The standard InChI is InChI=1S/C12H15N3O2/c1-9(5-6-12(16)15-14)17-11-4-2-3-10(7-11)8-13/h2-4,7,9H,5-6,14H2,1H3,(H,15,16). The summed E-state index contributed by atoms with van der Waals surface area (Å²) < 4.78 is 5.58. The summed E-state index contributed by atoms with van der Waals surface area (Å²) in [6.45, 7) is 1.86. The van der Waals surface area contributed by atoms with E-state index in [0.29, 0.717) is 24.2 Å². The summed E-state index contributed by atoms with van der Waals surface area (Å²) in [5.41, 5.74) is 2.62. The highest BCUT2D eigenvalue weighted by atomic mass is 16.5. The van der Waals surface area contributed by atoms with E-state index in [-0.39, 0.29) is 12.0 Å². The van der Waals surface area contributed by atoms with Crippen molar-refractivity contribution in [2.45, 2.75) is 25.9 Å². The van der Waals surface area contributed by atoms with E-state index in [9.17, 15) is 4.79 Å². The summed E-state index contributed by atoms with van der Waals surface area (Å²) in [6.07, 6.45) is 0.774. The Bertz CT molecular complexity index is 426. The molecule has 1 unspecified atom stereocenters. The third-order valence-electron chi connectivity index (χ3n) is 2.24. The number of ether oxygens (including phenoxy) is 1. The smallest absolute Gasteiger partial charge is 0.234 e. The Morgan fingerprint density at radius 1 is 1.65 bits per heavy atom. The number of benzene rings is 1. The van der Waals surface area contributed by atoms with Crippen molar-refractivity contribution in [3.05, 3.63) is 29.8 Å². The van der Waals surface area contributed by atoms with Crippen LogP contribution in [0.5, 0.6) is 5.75 Å². The Morgan fingerprint density at radius 3 is 3.06 bits per heavy atom.